The lowest BCUT2D eigenvalue weighted by Crippen LogP contribution is -2.07. The van der Waals surface area contributed by atoms with Crippen LogP contribution >= 0.6 is 27.5 Å². The van der Waals surface area contributed by atoms with Crippen molar-refractivity contribution in [3.05, 3.63) is 28.2 Å². The van der Waals surface area contributed by atoms with Gasteiger partial charge in [0, 0.05) is 12.6 Å². The van der Waals surface area contributed by atoms with E-state index in [1.807, 2.05) is 0 Å². The van der Waals surface area contributed by atoms with Crippen molar-refractivity contribution < 1.29 is 4.39 Å². The molecule has 0 aliphatic heterocycles. The van der Waals surface area contributed by atoms with Gasteiger partial charge in [-0.1, -0.05) is 13.8 Å². The number of hydrogen-bond donors (Lipinski definition) is 0. The summed E-state index contributed by atoms with van der Waals surface area (Å²) in [5, 5.41) is 0. The molecule has 0 aliphatic carbocycles. The second kappa shape index (κ2) is 4.94. The highest BCUT2D eigenvalue weighted by Crippen LogP contribution is 2.25. The maximum atomic E-state index is 13.4. The maximum Gasteiger partial charge on any atom is 0.139 e. The Hall–Kier alpha value is -0.610. The van der Waals surface area contributed by atoms with Gasteiger partial charge in [-0.3, -0.25) is 0 Å². The van der Waals surface area contributed by atoms with Crippen LogP contribution in [-0.2, 0) is 12.4 Å². The zero-order chi connectivity index (χ0) is 12.6. The summed E-state index contributed by atoms with van der Waals surface area (Å²) >= 11 is 9.08. The molecule has 0 saturated carbocycles. The van der Waals surface area contributed by atoms with Gasteiger partial charge in [0.05, 0.1) is 21.4 Å². The Labute approximate surface area is 113 Å². The van der Waals surface area contributed by atoms with Gasteiger partial charge in [-0.2, -0.15) is 0 Å². The normalized spacial score (nSPS) is 11.6. The van der Waals surface area contributed by atoms with Crippen molar-refractivity contribution in [2.24, 2.45) is 5.92 Å². The SMILES string of the molecule is CC(C)Cn1c(CCl)nc2cc(F)c(Br)cc21. The van der Waals surface area contributed by atoms with Crippen LogP contribution in [-0.4, -0.2) is 9.55 Å². The van der Waals surface area contributed by atoms with Gasteiger partial charge in [-0.25, -0.2) is 9.37 Å². The summed E-state index contributed by atoms with van der Waals surface area (Å²) in [6, 6.07) is 3.20. The predicted octanol–water partition coefficient (Wildman–Crippen LogP) is 4.33. The van der Waals surface area contributed by atoms with E-state index in [1.54, 1.807) is 6.07 Å². The first-order valence-electron chi connectivity index (χ1n) is 5.43. The third-order valence-electron chi connectivity index (χ3n) is 2.54. The fourth-order valence-corrected chi connectivity index (χ4v) is 2.38. The summed E-state index contributed by atoms with van der Waals surface area (Å²) < 4.78 is 15.9. The van der Waals surface area contributed by atoms with E-state index in [-0.39, 0.29) is 5.82 Å². The van der Waals surface area contributed by atoms with E-state index in [0.717, 1.165) is 17.9 Å². The van der Waals surface area contributed by atoms with E-state index in [0.29, 0.717) is 21.8 Å². The Bertz CT molecular complexity index is 551. The summed E-state index contributed by atoms with van der Waals surface area (Å²) in [7, 11) is 0. The van der Waals surface area contributed by atoms with E-state index < -0.39 is 0 Å². The van der Waals surface area contributed by atoms with Crippen molar-refractivity contribution in [1.82, 2.24) is 9.55 Å². The molecule has 0 saturated heterocycles. The molecule has 0 N–H and O–H groups in total. The quantitative estimate of drug-likeness (QED) is 0.770. The average molecular weight is 320 g/mol. The maximum absolute atomic E-state index is 13.4. The Morgan fingerprint density at radius 1 is 1.47 bits per heavy atom. The molecule has 0 aliphatic rings. The van der Waals surface area contributed by atoms with Crippen LogP contribution in [0.4, 0.5) is 4.39 Å². The Morgan fingerprint density at radius 3 is 2.76 bits per heavy atom. The van der Waals surface area contributed by atoms with E-state index >= 15 is 0 Å². The van der Waals surface area contributed by atoms with Crippen LogP contribution in [0.3, 0.4) is 0 Å². The van der Waals surface area contributed by atoms with E-state index in [2.05, 4.69) is 39.3 Å². The predicted molar refractivity (Wildman–Crippen MR) is 71.8 cm³/mol. The number of nitrogens with zero attached hydrogens (tertiary/aromatic N) is 2. The van der Waals surface area contributed by atoms with Crippen molar-refractivity contribution in [3.8, 4) is 0 Å². The van der Waals surface area contributed by atoms with Gasteiger partial charge in [0.2, 0.25) is 0 Å². The first-order chi connectivity index (χ1) is 8.02. The van der Waals surface area contributed by atoms with E-state index in [1.165, 1.54) is 6.07 Å². The number of fused-ring (bicyclic) bond motifs is 1. The highest BCUT2D eigenvalue weighted by molar-refractivity contribution is 9.10. The monoisotopic (exact) mass is 318 g/mol. The minimum Gasteiger partial charge on any atom is -0.327 e. The Balaban J connectivity index is 2.65. The lowest BCUT2D eigenvalue weighted by molar-refractivity contribution is 0.522. The third kappa shape index (κ3) is 2.47. The minimum atomic E-state index is -0.298. The second-order valence-electron chi connectivity index (χ2n) is 4.42. The lowest BCUT2D eigenvalue weighted by Gasteiger charge is -2.10. The fraction of sp³-hybridized carbons (Fsp3) is 0.417. The fourth-order valence-electron chi connectivity index (χ4n) is 1.84. The first kappa shape index (κ1) is 12.8. The van der Waals surface area contributed by atoms with Crippen LogP contribution in [0, 0.1) is 11.7 Å². The molecule has 5 heteroatoms. The Kier molecular flexibility index (Phi) is 3.73. The van der Waals surface area contributed by atoms with Crippen LogP contribution in [0.5, 0.6) is 0 Å². The van der Waals surface area contributed by atoms with Crippen molar-refractivity contribution in [2.45, 2.75) is 26.3 Å². The van der Waals surface area contributed by atoms with Crippen LogP contribution in [0.2, 0.25) is 0 Å². The molecule has 1 heterocycles. The van der Waals surface area contributed by atoms with Crippen LogP contribution in [0.1, 0.15) is 19.7 Å². The number of imidazole rings is 1. The van der Waals surface area contributed by atoms with Gasteiger partial charge >= 0.3 is 0 Å². The molecule has 0 fully saturated rings. The molecule has 0 amide bonds. The number of rotatable bonds is 3. The molecule has 92 valence electrons. The van der Waals surface area contributed by atoms with Crippen LogP contribution in [0.15, 0.2) is 16.6 Å². The summed E-state index contributed by atoms with van der Waals surface area (Å²) in [6.07, 6.45) is 0. The summed E-state index contributed by atoms with van der Waals surface area (Å²) in [4.78, 5) is 4.36. The van der Waals surface area contributed by atoms with Crippen molar-refractivity contribution in [2.75, 3.05) is 0 Å². The molecule has 2 aromatic rings. The van der Waals surface area contributed by atoms with Gasteiger partial charge in [-0.15, -0.1) is 11.6 Å². The van der Waals surface area contributed by atoms with Gasteiger partial charge in [-0.05, 0) is 27.9 Å². The Morgan fingerprint density at radius 2 is 2.18 bits per heavy atom. The minimum absolute atomic E-state index is 0.298. The molecule has 0 spiro atoms. The van der Waals surface area contributed by atoms with Crippen molar-refractivity contribution >= 4 is 38.6 Å². The van der Waals surface area contributed by atoms with E-state index in [4.69, 9.17) is 11.6 Å². The molecule has 0 atom stereocenters. The molecule has 17 heavy (non-hydrogen) atoms. The van der Waals surface area contributed by atoms with Crippen molar-refractivity contribution in [1.29, 1.82) is 0 Å². The molecular formula is C12H13BrClFN2. The van der Waals surface area contributed by atoms with Gasteiger partial charge in [0.25, 0.3) is 0 Å². The average Bonchev–Trinajstić information content (AvgIpc) is 2.57. The van der Waals surface area contributed by atoms with Gasteiger partial charge in [0.15, 0.2) is 0 Å². The molecule has 0 radical (unpaired) electrons. The largest absolute Gasteiger partial charge is 0.327 e. The summed E-state index contributed by atoms with van der Waals surface area (Å²) in [6.45, 7) is 5.08. The molecule has 2 rings (SSSR count). The number of halogens is 3. The van der Waals surface area contributed by atoms with Crippen molar-refractivity contribution in [3.63, 3.8) is 0 Å². The number of aromatic nitrogens is 2. The highest BCUT2D eigenvalue weighted by Gasteiger charge is 2.13. The van der Waals surface area contributed by atoms with Crippen LogP contribution < -0.4 is 0 Å². The lowest BCUT2D eigenvalue weighted by atomic mass is 10.2. The number of hydrogen-bond acceptors (Lipinski definition) is 1. The topological polar surface area (TPSA) is 17.8 Å². The molecule has 0 unspecified atom stereocenters. The second-order valence-corrected chi connectivity index (χ2v) is 5.54. The molecule has 1 aromatic carbocycles. The standard InChI is InChI=1S/C12H13BrClFN2/c1-7(2)6-17-11-3-8(13)9(15)4-10(11)16-12(17)5-14/h3-4,7H,5-6H2,1-2H3. The first-order valence-corrected chi connectivity index (χ1v) is 6.75. The zero-order valence-electron chi connectivity index (χ0n) is 9.67. The van der Waals surface area contributed by atoms with Gasteiger partial charge < -0.3 is 4.57 Å². The number of benzene rings is 1. The zero-order valence-corrected chi connectivity index (χ0v) is 12.0. The third-order valence-corrected chi connectivity index (χ3v) is 3.38. The van der Waals surface area contributed by atoms with Crippen LogP contribution in [0.25, 0.3) is 11.0 Å². The van der Waals surface area contributed by atoms with E-state index in [9.17, 15) is 4.39 Å². The smallest absolute Gasteiger partial charge is 0.139 e. The molecular weight excluding hydrogens is 307 g/mol. The number of alkyl halides is 1. The molecule has 1 aromatic heterocycles. The summed E-state index contributed by atoms with van der Waals surface area (Å²) in [5.41, 5.74) is 1.57. The molecule has 0 bridgehead atoms. The van der Waals surface area contributed by atoms with Gasteiger partial charge in [0.1, 0.15) is 11.6 Å². The summed E-state index contributed by atoms with van der Waals surface area (Å²) in [5.74, 6) is 1.31. The highest BCUT2D eigenvalue weighted by atomic mass is 79.9. The molecule has 2 nitrogen and oxygen atoms in total.